The van der Waals surface area contributed by atoms with E-state index in [2.05, 4.69) is 0 Å². The molecule has 0 spiro atoms. The van der Waals surface area contributed by atoms with E-state index >= 15 is 0 Å². The Morgan fingerprint density at radius 2 is 2.25 bits per heavy atom. The van der Waals surface area contributed by atoms with Crippen molar-refractivity contribution >= 4 is 5.97 Å². The molecule has 0 aliphatic rings. The maximum atomic E-state index is 9.91. The minimum Gasteiger partial charge on any atom is -0.478 e. The van der Waals surface area contributed by atoms with Crippen LogP contribution in [0.4, 0.5) is 0 Å². The average molecular weight is 116 g/mol. The second-order valence-electron chi connectivity index (χ2n) is 1.37. The number of aliphatic hydroxyl groups is 1. The van der Waals surface area contributed by atoms with Crippen LogP contribution in [0.15, 0.2) is 11.6 Å². The Bertz CT molecular complexity index is 115. The van der Waals surface area contributed by atoms with Crippen molar-refractivity contribution in [1.82, 2.24) is 0 Å². The number of hydrogen-bond donors (Lipinski definition) is 2. The highest BCUT2D eigenvalue weighted by Crippen LogP contribution is 1.88. The number of hydrogen-bond acceptors (Lipinski definition) is 2. The highest BCUT2D eigenvalue weighted by Gasteiger charge is 1.95. The lowest BCUT2D eigenvalue weighted by Gasteiger charge is -1.86. The van der Waals surface area contributed by atoms with Crippen molar-refractivity contribution in [2.24, 2.45) is 0 Å². The van der Waals surface area contributed by atoms with Gasteiger partial charge in [-0.3, -0.25) is 0 Å². The van der Waals surface area contributed by atoms with Crippen LogP contribution in [0.5, 0.6) is 0 Å². The molecule has 0 unspecified atom stereocenters. The molecule has 0 amide bonds. The molecule has 0 rings (SSSR count). The Morgan fingerprint density at radius 3 is 2.38 bits per heavy atom. The van der Waals surface area contributed by atoms with Gasteiger partial charge in [-0.1, -0.05) is 0 Å². The lowest BCUT2D eigenvalue weighted by molar-refractivity contribution is -0.132. The Labute approximate surface area is 47.3 Å². The summed E-state index contributed by atoms with van der Waals surface area (Å²) in [5, 5.41) is 16.3. The van der Waals surface area contributed by atoms with Crippen molar-refractivity contribution in [3.8, 4) is 0 Å². The Kier molecular flexibility index (Phi) is 2.88. The molecule has 0 atom stereocenters. The molecule has 2 N–H and O–H groups in total. The molecule has 0 fully saturated rings. The van der Waals surface area contributed by atoms with Gasteiger partial charge in [-0.25, -0.2) is 4.79 Å². The molecule has 3 nitrogen and oxygen atoms in total. The fourth-order valence-corrected chi connectivity index (χ4v) is 0.224. The number of aliphatic carboxylic acids is 1. The van der Waals surface area contributed by atoms with Gasteiger partial charge in [0, 0.05) is 5.57 Å². The van der Waals surface area contributed by atoms with Crippen molar-refractivity contribution in [2.75, 3.05) is 6.61 Å². The quantitative estimate of drug-likeness (QED) is 0.499. The van der Waals surface area contributed by atoms with Gasteiger partial charge in [0.1, 0.15) is 0 Å². The molecule has 0 saturated heterocycles. The molecule has 3 heteroatoms. The topological polar surface area (TPSA) is 57.5 Å². The minimum atomic E-state index is -0.987. The van der Waals surface area contributed by atoms with Crippen LogP contribution >= 0.6 is 0 Å². The summed E-state index contributed by atoms with van der Waals surface area (Å²) in [7, 11) is 0. The molecule has 0 saturated carbocycles. The highest BCUT2D eigenvalue weighted by atomic mass is 16.4. The summed E-state index contributed by atoms with van der Waals surface area (Å²) in [5.41, 5.74) is 0.174. The first-order chi connectivity index (χ1) is 3.68. The van der Waals surface area contributed by atoms with Crippen LogP contribution in [0, 0.1) is 0 Å². The Hall–Kier alpha value is -0.830. The normalized spacial score (nSPS) is 11.5. The summed E-state index contributed by atoms with van der Waals surface area (Å²) >= 11 is 0. The first kappa shape index (κ1) is 7.17. The van der Waals surface area contributed by atoms with Gasteiger partial charge in [0.05, 0.1) is 6.61 Å². The maximum absolute atomic E-state index is 9.91. The van der Waals surface area contributed by atoms with Crippen molar-refractivity contribution in [3.63, 3.8) is 0 Å². The van der Waals surface area contributed by atoms with Crippen LogP contribution in [0.1, 0.15) is 6.92 Å². The van der Waals surface area contributed by atoms with Gasteiger partial charge in [0.2, 0.25) is 0 Å². The number of carbonyl (C=O) groups is 1. The third-order valence-electron chi connectivity index (χ3n) is 0.735. The van der Waals surface area contributed by atoms with E-state index < -0.39 is 5.97 Å². The predicted molar refractivity (Wildman–Crippen MR) is 28.5 cm³/mol. The molecule has 0 radical (unpaired) electrons. The average Bonchev–Trinajstić information content (AvgIpc) is 1.67. The van der Waals surface area contributed by atoms with Gasteiger partial charge in [0.15, 0.2) is 0 Å². The smallest absolute Gasteiger partial charge is 0.331 e. The van der Waals surface area contributed by atoms with E-state index in [1.54, 1.807) is 0 Å². The number of aliphatic hydroxyl groups excluding tert-OH is 1. The van der Waals surface area contributed by atoms with Crippen LogP contribution in [-0.4, -0.2) is 22.8 Å². The van der Waals surface area contributed by atoms with E-state index in [-0.39, 0.29) is 12.2 Å². The molecule has 0 aromatic rings. The molecular formula is C5H8O3. The fourth-order valence-electron chi connectivity index (χ4n) is 0.224. The van der Waals surface area contributed by atoms with Gasteiger partial charge in [-0.15, -0.1) is 0 Å². The number of carboxylic acid groups (broad SMARTS) is 1. The van der Waals surface area contributed by atoms with Gasteiger partial charge < -0.3 is 10.2 Å². The summed E-state index contributed by atoms with van der Waals surface area (Å²) in [5.74, 6) is -0.987. The molecule has 0 aliphatic carbocycles. The zero-order chi connectivity index (χ0) is 6.57. The Morgan fingerprint density at radius 1 is 1.75 bits per heavy atom. The molecule has 0 bridgehead atoms. The second kappa shape index (κ2) is 3.21. The largest absolute Gasteiger partial charge is 0.478 e. The first-order valence-electron chi connectivity index (χ1n) is 2.19. The van der Waals surface area contributed by atoms with Crippen molar-refractivity contribution in [2.45, 2.75) is 6.92 Å². The molecule has 0 aliphatic heterocycles. The van der Waals surface area contributed by atoms with E-state index in [1.165, 1.54) is 13.0 Å². The third-order valence-corrected chi connectivity index (χ3v) is 0.735. The van der Waals surface area contributed by atoms with Crippen molar-refractivity contribution < 1.29 is 15.0 Å². The first-order valence-corrected chi connectivity index (χ1v) is 2.19. The maximum Gasteiger partial charge on any atom is 0.331 e. The van der Waals surface area contributed by atoms with E-state index in [9.17, 15) is 4.79 Å². The van der Waals surface area contributed by atoms with E-state index in [0.29, 0.717) is 0 Å². The van der Waals surface area contributed by atoms with Gasteiger partial charge in [0.25, 0.3) is 0 Å². The lowest BCUT2D eigenvalue weighted by Crippen LogP contribution is -1.96. The van der Waals surface area contributed by atoms with Gasteiger partial charge in [-0.05, 0) is 13.0 Å². The monoisotopic (exact) mass is 116 g/mol. The standard InChI is InChI=1S/C5H8O3/c1-4(2-3-6)5(7)8/h2,6H,3H2,1H3,(H,7,8). The SMILES string of the molecule is CC(=CCO)C(=O)O. The van der Waals surface area contributed by atoms with E-state index in [4.69, 9.17) is 10.2 Å². The molecule has 46 valence electrons. The number of carboxylic acids is 1. The van der Waals surface area contributed by atoms with E-state index in [1.807, 2.05) is 0 Å². The predicted octanol–water partition coefficient (Wildman–Crippen LogP) is 0.00960. The second-order valence-corrected chi connectivity index (χ2v) is 1.37. The van der Waals surface area contributed by atoms with E-state index in [0.717, 1.165) is 0 Å². The van der Waals surface area contributed by atoms with Crippen molar-refractivity contribution in [1.29, 1.82) is 0 Å². The van der Waals surface area contributed by atoms with Crippen LogP contribution < -0.4 is 0 Å². The minimum absolute atomic E-state index is 0.174. The molecular weight excluding hydrogens is 108 g/mol. The third kappa shape index (κ3) is 2.36. The van der Waals surface area contributed by atoms with Crippen LogP contribution in [0.25, 0.3) is 0 Å². The highest BCUT2D eigenvalue weighted by molar-refractivity contribution is 5.85. The molecule has 8 heavy (non-hydrogen) atoms. The van der Waals surface area contributed by atoms with Crippen LogP contribution in [-0.2, 0) is 4.79 Å². The fraction of sp³-hybridized carbons (Fsp3) is 0.400. The summed E-state index contributed by atoms with van der Waals surface area (Å²) in [6, 6.07) is 0. The molecule has 0 heterocycles. The summed E-state index contributed by atoms with van der Waals surface area (Å²) in [6.07, 6.45) is 1.24. The lowest BCUT2D eigenvalue weighted by atomic mass is 10.3. The summed E-state index contributed by atoms with van der Waals surface area (Å²) in [6.45, 7) is 1.22. The zero-order valence-corrected chi connectivity index (χ0v) is 4.59. The summed E-state index contributed by atoms with van der Waals surface area (Å²) in [4.78, 5) is 9.91. The number of rotatable bonds is 2. The van der Waals surface area contributed by atoms with Gasteiger partial charge in [-0.2, -0.15) is 0 Å². The zero-order valence-electron chi connectivity index (χ0n) is 4.59. The summed E-state index contributed by atoms with van der Waals surface area (Å²) < 4.78 is 0. The molecule has 0 aromatic heterocycles. The Balaban J connectivity index is 3.80. The van der Waals surface area contributed by atoms with Crippen LogP contribution in [0.3, 0.4) is 0 Å². The van der Waals surface area contributed by atoms with Gasteiger partial charge >= 0.3 is 5.97 Å². The molecule has 0 aromatic carbocycles. The van der Waals surface area contributed by atoms with Crippen molar-refractivity contribution in [3.05, 3.63) is 11.6 Å². The van der Waals surface area contributed by atoms with Crippen LogP contribution in [0.2, 0.25) is 0 Å².